The predicted octanol–water partition coefficient (Wildman–Crippen LogP) is 1.73. The monoisotopic (exact) mass is 269 g/mol. The molecule has 2 N–H and O–H groups in total. The third-order valence-electron chi connectivity index (χ3n) is 3.43. The molecule has 1 fully saturated rings. The molecule has 1 rings (SSSR count). The maximum Gasteiger partial charge on any atom is 0.310 e. The van der Waals surface area contributed by atoms with Gasteiger partial charge >= 0.3 is 5.97 Å². The van der Waals surface area contributed by atoms with E-state index in [0.29, 0.717) is 32.6 Å². The largest absolute Gasteiger partial charge is 0.481 e. The Bertz CT molecular complexity index is 345. The summed E-state index contributed by atoms with van der Waals surface area (Å²) in [4.78, 5) is 23.1. The number of ether oxygens (including phenoxy) is 1. The lowest BCUT2D eigenvalue weighted by molar-refractivity contribution is -0.151. The van der Waals surface area contributed by atoms with Crippen LogP contribution >= 0.6 is 0 Å². The summed E-state index contributed by atoms with van der Waals surface area (Å²) in [5.41, 5.74) is 0.0879. The van der Waals surface area contributed by atoms with E-state index >= 15 is 0 Å². The molecule has 0 atom stereocenters. The SMILES string of the molecule is C=C(C)COCCNC(=O)CC1(C(=O)O)CCCC1. The summed E-state index contributed by atoms with van der Waals surface area (Å²) in [5.74, 6) is -1.05. The van der Waals surface area contributed by atoms with Gasteiger partial charge in [-0.05, 0) is 19.8 Å². The number of aliphatic carboxylic acids is 1. The standard InChI is InChI=1S/C14H23NO4/c1-11(2)10-19-8-7-15-12(16)9-14(13(17)18)5-3-4-6-14/h1,3-10H2,2H3,(H,15,16)(H,17,18). The van der Waals surface area contributed by atoms with Crippen molar-refractivity contribution >= 4 is 11.9 Å². The topological polar surface area (TPSA) is 75.6 Å². The molecule has 0 unspecified atom stereocenters. The summed E-state index contributed by atoms with van der Waals surface area (Å²) in [7, 11) is 0. The average Bonchev–Trinajstić information content (AvgIpc) is 2.78. The van der Waals surface area contributed by atoms with Crippen molar-refractivity contribution in [2.24, 2.45) is 5.41 Å². The fourth-order valence-corrected chi connectivity index (χ4v) is 2.40. The van der Waals surface area contributed by atoms with Crippen molar-refractivity contribution in [1.82, 2.24) is 5.32 Å². The van der Waals surface area contributed by atoms with Crippen LogP contribution in [0.15, 0.2) is 12.2 Å². The number of carboxylic acids is 1. The number of hydrogen-bond acceptors (Lipinski definition) is 3. The van der Waals surface area contributed by atoms with E-state index in [1.165, 1.54) is 0 Å². The van der Waals surface area contributed by atoms with Gasteiger partial charge in [-0.3, -0.25) is 9.59 Å². The van der Waals surface area contributed by atoms with Crippen LogP contribution in [0.5, 0.6) is 0 Å². The highest BCUT2D eigenvalue weighted by Crippen LogP contribution is 2.41. The Kier molecular flexibility index (Phi) is 6.02. The van der Waals surface area contributed by atoms with E-state index in [1.54, 1.807) is 0 Å². The number of carbonyl (C=O) groups is 2. The first-order valence-corrected chi connectivity index (χ1v) is 6.68. The van der Waals surface area contributed by atoms with Gasteiger partial charge in [0.1, 0.15) is 0 Å². The summed E-state index contributed by atoms with van der Waals surface area (Å²) in [5, 5.41) is 12.0. The van der Waals surface area contributed by atoms with Crippen LogP contribution in [0.25, 0.3) is 0 Å². The van der Waals surface area contributed by atoms with Crippen molar-refractivity contribution in [2.75, 3.05) is 19.8 Å². The van der Waals surface area contributed by atoms with Gasteiger partial charge in [0.05, 0.1) is 18.6 Å². The van der Waals surface area contributed by atoms with Gasteiger partial charge in [-0.2, -0.15) is 0 Å². The zero-order chi connectivity index (χ0) is 14.3. The zero-order valence-electron chi connectivity index (χ0n) is 11.5. The van der Waals surface area contributed by atoms with Crippen molar-refractivity contribution in [1.29, 1.82) is 0 Å². The Morgan fingerprint density at radius 2 is 2.00 bits per heavy atom. The number of rotatable bonds is 8. The summed E-state index contributed by atoms with van der Waals surface area (Å²) in [6, 6.07) is 0. The van der Waals surface area contributed by atoms with Crippen LogP contribution in [0.3, 0.4) is 0 Å². The van der Waals surface area contributed by atoms with Gasteiger partial charge in [-0.1, -0.05) is 25.0 Å². The molecule has 0 aliphatic heterocycles. The normalized spacial score (nSPS) is 17.1. The van der Waals surface area contributed by atoms with Crippen molar-refractivity contribution in [3.63, 3.8) is 0 Å². The van der Waals surface area contributed by atoms with E-state index in [9.17, 15) is 14.7 Å². The summed E-state index contributed by atoms with van der Waals surface area (Å²) < 4.78 is 5.26. The first-order chi connectivity index (χ1) is 8.96. The second-order valence-corrected chi connectivity index (χ2v) is 5.33. The van der Waals surface area contributed by atoms with Crippen LogP contribution in [0.2, 0.25) is 0 Å². The molecule has 1 saturated carbocycles. The van der Waals surface area contributed by atoms with Gasteiger partial charge < -0.3 is 15.2 Å². The molecule has 108 valence electrons. The molecule has 0 radical (unpaired) electrons. The van der Waals surface area contributed by atoms with E-state index in [-0.39, 0.29) is 12.3 Å². The molecular weight excluding hydrogens is 246 g/mol. The Morgan fingerprint density at radius 3 is 2.53 bits per heavy atom. The Labute approximate surface area is 114 Å². The number of carboxylic acid groups (broad SMARTS) is 1. The first kappa shape index (κ1) is 15.7. The molecule has 0 bridgehead atoms. The maximum absolute atomic E-state index is 11.8. The third-order valence-corrected chi connectivity index (χ3v) is 3.43. The number of carbonyl (C=O) groups excluding carboxylic acids is 1. The van der Waals surface area contributed by atoms with E-state index in [4.69, 9.17) is 4.74 Å². The van der Waals surface area contributed by atoms with Crippen molar-refractivity contribution < 1.29 is 19.4 Å². The predicted molar refractivity (Wildman–Crippen MR) is 71.8 cm³/mol. The second kappa shape index (κ2) is 7.28. The van der Waals surface area contributed by atoms with Gasteiger partial charge in [0.15, 0.2) is 0 Å². The fourth-order valence-electron chi connectivity index (χ4n) is 2.40. The molecule has 0 aromatic carbocycles. The van der Waals surface area contributed by atoms with Crippen molar-refractivity contribution in [3.8, 4) is 0 Å². The second-order valence-electron chi connectivity index (χ2n) is 5.33. The van der Waals surface area contributed by atoms with Gasteiger partial charge in [0.25, 0.3) is 0 Å². The van der Waals surface area contributed by atoms with Gasteiger partial charge in [0.2, 0.25) is 5.91 Å². The van der Waals surface area contributed by atoms with E-state index in [2.05, 4.69) is 11.9 Å². The van der Waals surface area contributed by atoms with Crippen LogP contribution < -0.4 is 5.32 Å². The summed E-state index contributed by atoms with van der Waals surface area (Å²) in [6.45, 7) is 6.88. The third kappa shape index (κ3) is 5.03. The smallest absolute Gasteiger partial charge is 0.310 e. The summed E-state index contributed by atoms with van der Waals surface area (Å²) in [6.07, 6.45) is 3.05. The van der Waals surface area contributed by atoms with Crippen LogP contribution in [0.1, 0.15) is 39.0 Å². The number of nitrogens with one attached hydrogen (secondary N) is 1. The molecule has 0 aromatic rings. The minimum atomic E-state index is -0.848. The Morgan fingerprint density at radius 1 is 1.37 bits per heavy atom. The van der Waals surface area contributed by atoms with Gasteiger partial charge in [-0.15, -0.1) is 0 Å². The average molecular weight is 269 g/mol. The van der Waals surface area contributed by atoms with E-state index in [0.717, 1.165) is 18.4 Å². The molecule has 1 aliphatic carbocycles. The molecule has 0 aromatic heterocycles. The fraction of sp³-hybridized carbons (Fsp3) is 0.714. The molecule has 1 aliphatic rings. The van der Waals surface area contributed by atoms with Crippen LogP contribution in [-0.2, 0) is 14.3 Å². The lowest BCUT2D eigenvalue weighted by Crippen LogP contribution is -2.36. The first-order valence-electron chi connectivity index (χ1n) is 6.68. The Hall–Kier alpha value is -1.36. The quantitative estimate of drug-likeness (QED) is 0.520. The molecule has 19 heavy (non-hydrogen) atoms. The van der Waals surface area contributed by atoms with E-state index in [1.807, 2.05) is 6.92 Å². The molecular formula is C14H23NO4. The lowest BCUT2D eigenvalue weighted by atomic mass is 9.82. The zero-order valence-corrected chi connectivity index (χ0v) is 11.5. The lowest BCUT2D eigenvalue weighted by Gasteiger charge is -2.22. The van der Waals surface area contributed by atoms with Crippen molar-refractivity contribution in [3.05, 3.63) is 12.2 Å². The minimum absolute atomic E-state index is 0.0722. The van der Waals surface area contributed by atoms with Crippen LogP contribution in [0.4, 0.5) is 0 Å². The highest BCUT2D eigenvalue weighted by Gasteiger charge is 2.42. The molecule has 5 heteroatoms. The Balaban J connectivity index is 2.26. The van der Waals surface area contributed by atoms with Gasteiger partial charge in [-0.25, -0.2) is 0 Å². The molecule has 0 saturated heterocycles. The molecule has 0 heterocycles. The highest BCUT2D eigenvalue weighted by molar-refractivity contribution is 5.85. The maximum atomic E-state index is 11.8. The molecule has 0 spiro atoms. The molecule has 5 nitrogen and oxygen atoms in total. The van der Waals surface area contributed by atoms with E-state index < -0.39 is 11.4 Å². The van der Waals surface area contributed by atoms with Crippen LogP contribution in [-0.4, -0.2) is 36.7 Å². The van der Waals surface area contributed by atoms with Gasteiger partial charge in [0, 0.05) is 13.0 Å². The highest BCUT2D eigenvalue weighted by atomic mass is 16.5. The van der Waals surface area contributed by atoms with Crippen molar-refractivity contribution in [2.45, 2.75) is 39.0 Å². The minimum Gasteiger partial charge on any atom is -0.481 e. The molecule has 1 amide bonds. The summed E-state index contributed by atoms with van der Waals surface area (Å²) >= 11 is 0. The van der Waals surface area contributed by atoms with Crippen LogP contribution in [0, 0.1) is 5.41 Å². The number of amides is 1. The number of hydrogen-bond donors (Lipinski definition) is 2.